The van der Waals surface area contributed by atoms with Crippen molar-refractivity contribution in [3.8, 4) is 0 Å². The van der Waals surface area contributed by atoms with Gasteiger partial charge >= 0.3 is 0 Å². The van der Waals surface area contributed by atoms with E-state index in [4.69, 9.17) is 11.6 Å². The van der Waals surface area contributed by atoms with Crippen molar-refractivity contribution < 1.29 is 0 Å². The summed E-state index contributed by atoms with van der Waals surface area (Å²) in [5.41, 5.74) is 1.94. The van der Waals surface area contributed by atoms with Gasteiger partial charge in [0.25, 0.3) is 0 Å². The van der Waals surface area contributed by atoms with Crippen LogP contribution in [0.2, 0.25) is 5.02 Å². The molecule has 2 rings (SSSR count). The van der Waals surface area contributed by atoms with Gasteiger partial charge in [-0.1, -0.05) is 44.5 Å². The zero-order valence-electron chi connectivity index (χ0n) is 12.7. The van der Waals surface area contributed by atoms with Crippen LogP contribution in [0, 0.1) is 0 Å². The predicted molar refractivity (Wildman–Crippen MR) is 85.1 cm³/mol. The Bertz CT molecular complexity index is 629. The maximum absolute atomic E-state index is 5.97. The largest absolute Gasteiger partial charge is 0.195 e. The quantitative estimate of drug-likeness (QED) is 0.725. The Balaban J connectivity index is 2.10. The van der Waals surface area contributed by atoms with Crippen molar-refractivity contribution in [2.24, 2.45) is 10.2 Å². The maximum Gasteiger partial charge on any atom is 0.195 e. The first kappa shape index (κ1) is 15.6. The van der Waals surface area contributed by atoms with Crippen molar-refractivity contribution in [3.63, 3.8) is 0 Å². The molecule has 4 nitrogen and oxygen atoms in total. The molecule has 0 bridgehead atoms. The number of nitrogens with zero attached hydrogens (tertiary/aromatic N) is 4. The minimum atomic E-state index is -0.0761. The highest BCUT2D eigenvalue weighted by Crippen LogP contribution is 2.23. The van der Waals surface area contributed by atoms with E-state index in [1.807, 2.05) is 43.3 Å². The predicted octanol–water partition coefficient (Wildman–Crippen LogP) is 5.27. The van der Waals surface area contributed by atoms with Crippen molar-refractivity contribution in [2.45, 2.75) is 39.2 Å². The van der Waals surface area contributed by atoms with E-state index in [-0.39, 0.29) is 11.5 Å². The number of hydrogen-bond acceptors (Lipinski definition) is 4. The van der Waals surface area contributed by atoms with Crippen molar-refractivity contribution in [2.75, 3.05) is 0 Å². The molecule has 0 N–H and O–H groups in total. The van der Waals surface area contributed by atoms with Crippen molar-refractivity contribution >= 4 is 17.4 Å². The van der Waals surface area contributed by atoms with E-state index >= 15 is 0 Å². The standard InChI is InChI=1S/C16H19ClN4/c1-11(12-6-5-7-13(17)10-12)18-20-15-9-8-14(19-21-15)16(2,3)4/h5-11H,1-4H3. The Morgan fingerprint density at radius 1 is 1.10 bits per heavy atom. The van der Waals surface area contributed by atoms with Crippen LogP contribution in [0.1, 0.15) is 45.0 Å². The van der Waals surface area contributed by atoms with Gasteiger partial charge in [-0.2, -0.15) is 10.2 Å². The molecule has 0 fully saturated rings. The van der Waals surface area contributed by atoms with E-state index in [2.05, 4.69) is 41.2 Å². The fourth-order valence-electron chi connectivity index (χ4n) is 1.76. The minimum Gasteiger partial charge on any atom is -0.179 e. The molecule has 0 aliphatic carbocycles. The highest BCUT2D eigenvalue weighted by atomic mass is 35.5. The molecule has 1 aromatic heterocycles. The smallest absolute Gasteiger partial charge is 0.179 e. The molecule has 0 aliphatic rings. The number of azo groups is 1. The molecule has 1 unspecified atom stereocenters. The fourth-order valence-corrected chi connectivity index (χ4v) is 1.96. The summed E-state index contributed by atoms with van der Waals surface area (Å²) < 4.78 is 0. The highest BCUT2D eigenvalue weighted by Gasteiger charge is 2.15. The maximum atomic E-state index is 5.97. The number of aromatic nitrogens is 2. The monoisotopic (exact) mass is 302 g/mol. The van der Waals surface area contributed by atoms with Crippen LogP contribution in [0.4, 0.5) is 5.82 Å². The van der Waals surface area contributed by atoms with E-state index in [9.17, 15) is 0 Å². The first-order valence-corrected chi connectivity index (χ1v) is 7.24. The SMILES string of the molecule is CC(N=Nc1ccc(C(C)(C)C)nn1)c1cccc(Cl)c1. The van der Waals surface area contributed by atoms with Gasteiger partial charge in [-0.25, -0.2) is 0 Å². The van der Waals surface area contributed by atoms with Crippen LogP contribution in [0.5, 0.6) is 0 Å². The van der Waals surface area contributed by atoms with E-state index in [1.165, 1.54) is 0 Å². The number of rotatable bonds is 3. The molecular formula is C16H19ClN4. The molecule has 110 valence electrons. The third kappa shape index (κ3) is 4.33. The topological polar surface area (TPSA) is 50.5 Å². The van der Waals surface area contributed by atoms with Crippen LogP contribution in [0.15, 0.2) is 46.6 Å². The summed E-state index contributed by atoms with van der Waals surface area (Å²) in [5, 5.41) is 17.4. The molecule has 1 aromatic carbocycles. The van der Waals surface area contributed by atoms with E-state index in [0.29, 0.717) is 10.8 Å². The van der Waals surface area contributed by atoms with E-state index in [1.54, 1.807) is 0 Å². The first-order valence-electron chi connectivity index (χ1n) is 6.87. The van der Waals surface area contributed by atoms with Crippen LogP contribution < -0.4 is 0 Å². The summed E-state index contributed by atoms with van der Waals surface area (Å²) in [5.74, 6) is 0.511. The molecule has 1 heterocycles. The Labute approximate surface area is 130 Å². The third-order valence-corrected chi connectivity index (χ3v) is 3.32. The lowest BCUT2D eigenvalue weighted by Gasteiger charge is -2.15. The molecule has 0 radical (unpaired) electrons. The zero-order chi connectivity index (χ0) is 15.5. The van der Waals surface area contributed by atoms with Gasteiger partial charge < -0.3 is 0 Å². The van der Waals surface area contributed by atoms with Crippen LogP contribution in [0.25, 0.3) is 0 Å². The van der Waals surface area contributed by atoms with Gasteiger partial charge in [0.15, 0.2) is 5.82 Å². The molecule has 0 aliphatic heterocycles. The Morgan fingerprint density at radius 3 is 2.43 bits per heavy atom. The van der Waals surface area contributed by atoms with Gasteiger partial charge in [0.05, 0.1) is 11.7 Å². The van der Waals surface area contributed by atoms with Gasteiger partial charge in [0, 0.05) is 10.4 Å². The molecule has 0 saturated carbocycles. The second-order valence-corrected chi connectivity index (χ2v) is 6.41. The van der Waals surface area contributed by atoms with Crippen molar-refractivity contribution in [3.05, 3.63) is 52.7 Å². The summed E-state index contributed by atoms with van der Waals surface area (Å²) in [6, 6.07) is 11.3. The van der Waals surface area contributed by atoms with E-state index in [0.717, 1.165) is 11.3 Å². The molecule has 0 spiro atoms. The Hall–Kier alpha value is -1.81. The lowest BCUT2D eigenvalue weighted by molar-refractivity contribution is 0.558. The Kier molecular flexibility index (Phi) is 4.68. The van der Waals surface area contributed by atoms with Crippen LogP contribution in [0.3, 0.4) is 0 Å². The number of halogens is 1. The average molecular weight is 303 g/mol. The van der Waals surface area contributed by atoms with Crippen molar-refractivity contribution in [1.29, 1.82) is 0 Å². The number of hydrogen-bond donors (Lipinski definition) is 0. The van der Waals surface area contributed by atoms with Gasteiger partial charge in [-0.05, 0) is 36.8 Å². The van der Waals surface area contributed by atoms with Gasteiger partial charge in [-0.15, -0.1) is 10.2 Å². The van der Waals surface area contributed by atoms with Crippen LogP contribution in [-0.2, 0) is 5.41 Å². The van der Waals surface area contributed by atoms with Gasteiger partial charge in [-0.3, -0.25) is 0 Å². The summed E-state index contributed by atoms with van der Waals surface area (Å²) in [4.78, 5) is 0. The molecule has 1 atom stereocenters. The summed E-state index contributed by atoms with van der Waals surface area (Å²) in [7, 11) is 0. The first-order chi connectivity index (χ1) is 9.86. The zero-order valence-corrected chi connectivity index (χ0v) is 13.5. The summed E-state index contributed by atoms with van der Waals surface area (Å²) in [6.07, 6.45) is 0. The second kappa shape index (κ2) is 6.31. The summed E-state index contributed by atoms with van der Waals surface area (Å²) >= 11 is 5.97. The number of benzene rings is 1. The molecule has 0 amide bonds. The molecule has 5 heteroatoms. The van der Waals surface area contributed by atoms with Gasteiger partial charge in [0.1, 0.15) is 0 Å². The molecule has 0 saturated heterocycles. The average Bonchev–Trinajstić information content (AvgIpc) is 2.44. The third-order valence-electron chi connectivity index (χ3n) is 3.08. The molecular weight excluding hydrogens is 284 g/mol. The van der Waals surface area contributed by atoms with E-state index < -0.39 is 0 Å². The highest BCUT2D eigenvalue weighted by molar-refractivity contribution is 6.30. The van der Waals surface area contributed by atoms with Crippen molar-refractivity contribution in [1.82, 2.24) is 10.2 Å². The normalized spacial score (nSPS) is 13.6. The Morgan fingerprint density at radius 2 is 1.86 bits per heavy atom. The van der Waals surface area contributed by atoms with Crippen LogP contribution in [-0.4, -0.2) is 10.2 Å². The lowest BCUT2D eigenvalue weighted by atomic mass is 9.92. The second-order valence-electron chi connectivity index (χ2n) is 5.97. The summed E-state index contributed by atoms with van der Waals surface area (Å²) in [6.45, 7) is 8.25. The minimum absolute atomic E-state index is 0.0171. The molecule has 21 heavy (non-hydrogen) atoms. The van der Waals surface area contributed by atoms with Crippen LogP contribution >= 0.6 is 11.6 Å². The van der Waals surface area contributed by atoms with Gasteiger partial charge in [0.2, 0.25) is 0 Å². The molecule has 2 aromatic rings. The lowest BCUT2D eigenvalue weighted by Crippen LogP contribution is -2.13. The fraction of sp³-hybridized carbons (Fsp3) is 0.375.